The molecule has 1 atom stereocenters. The SMILES string of the molecule is O=C(OCc1ccccc1)C1=NN[C@]2(CC(=O)N(c3ccc(Br)cc3)C2=O)C1. The van der Waals surface area contributed by atoms with Crippen LogP contribution in [-0.2, 0) is 25.7 Å². The molecule has 1 saturated heterocycles. The lowest BCUT2D eigenvalue weighted by Gasteiger charge is -2.21. The molecular weight excluding hydrogens is 426 g/mol. The molecule has 0 bridgehead atoms. The molecule has 142 valence electrons. The number of ether oxygens (including phenoxy) is 1. The summed E-state index contributed by atoms with van der Waals surface area (Å²) in [5.41, 5.74) is 2.93. The van der Waals surface area contributed by atoms with Crippen LogP contribution in [0.25, 0.3) is 0 Å². The van der Waals surface area contributed by atoms with Crippen LogP contribution in [0.3, 0.4) is 0 Å². The Labute approximate surface area is 169 Å². The van der Waals surface area contributed by atoms with Crippen molar-refractivity contribution in [2.75, 3.05) is 4.90 Å². The molecule has 2 aliphatic rings. The van der Waals surface area contributed by atoms with Gasteiger partial charge in [-0.15, -0.1) is 0 Å². The van der Waals surface area contributed by atoms with Gasteiger partial charge in [0.25, 0.3) is 5.91 Å². The second-order valence-corrected chi connectivity index (χ2v) is 7.59. The number of anilines is 1. The predicted octanol–water partition coefficient (Wildman–Crippen LogP) is 2.54. The number of hydrazone groups is 1. The van der Waals surface area contributed by atoms with Crippen molar-refractivity contribution in [2.45, 2.75) is 25.0 Å². The van der Waals surface area contributed by atoms with Crippen LogP contribution in [0.5, 0.6) is 0 Å². The van der Waals surface area contributed by atoms with Gasteiger partial charge in [0.1, 0.15) is 17.9 Å². The van der Waals surface area contributed by atoms with E-state index in [0.29, 0.717) is 5.69 Å². The number of carbonyl (C=O) groups is 3. The number of halogens is 1. The second-order valence-electron chi connectivity index (χ2n) is 6.68. The third-order valence-corrected chi connectivity index (χ3v) is 5.25. The Balaban J connectivity index is 1.44. The van der Waals surface area contributed by atoms with Crippen LogP contribution in [0.15, 0.2) is 64.2 Å². The van der Waals surface area contributed by atoms with Crippen molar-refractivity contribution in [3.05, 3.63) is 64.6 Å². The Morgan fingerprint density at radius 2 is 1.82 bits per heavy atom. The zero-order valence-corrected chi connectivity index (χ0v) is 16.3. The maximum Gasteiger partial charge on any atom is 0.354 e. The number of imide groups is 1. The van der Waals surface area contributed by atoms with Crippen LogP contribution in [0.2, 0.25) is 0 Å². The summed E-state index contributed by atoms with van der Waals surface area (Å²) in [6.45, 7) is 0.115. The van der Waals surface area contributed by atoms with Gasteiger partial charge >= 0.3 is 5.97 Å². The molecule has 8 heteroatoms. The van der Waals surface area contributed by atoms with Crippen LogP contribution in [0.4, 0.5) is 5.69 Å². The number of rotatable bonds is 4. The van der Waals surface area contributed by atoms with Crippen molar-refractivity contribution in [3.63, 3.8) is 0 Å². The highest BCUT2D eigenvalue weighted by Gasteiger charge is 2.56. The van der Waals surface area contributed by atoms with Gasteiger partial charge in [0.05, 0.1) is 12.1 Å². The third-order valence-electron chi connectivity index (χ3n) is 4.72. The quantitative estimate of drug-likeness (QED) is 0.581. The van der Waals surface area contributed by atoms with E-state index in [1.807, 2.05) is 30.3 Å². The minimum Gasteiger partial charge on any atom is -0.456 e. The Kier molecular flexibility index (Phi) is 4.72. The molecule has 2 aliphatic heterocycles. The van der Waals surface area contributed by atoms with E-state index >= 15 is 0 Å². The van der Waals surface area contributed by atoms with Crippen molar-refractivity contribution in [3.8, 4) is 0 Å². The molecule has 4 rings (SSSR count). The summed E-state index contributed by atoms with van der Waals surface area (Å²) in [5, 5.41) is 4.00. The summed E-state index contributed by atoms with van der Waals surface area (Å²) in [5.74, 6) is -1.36. The van der Waals surface area contributed by atoms with Crippen LogP contribution in [0.1, 0.15) is 18.4 Å². The molecule has 0 aliphatic carbocycles. The number of hydrogen-bond donors (Lipinski definition) is 1. The van der Waals surface area contributed by atoms with Crippen LogP contribution in [-0.4, -0.2) is 29.0 Å². The summed E-state index contributed by atoms with van der Waals surface area (Å²) in [6.07, 6.45) is -0.0565. The first-order chi connectivity index (χ1) is 13.5. The van der Waals surface area contributed by atoms with E-state index in [1.165, 1.54) is 0 Å². The smallest absolute Gasteiger partial charge is 0.354 e. The molecule has 0 saturated carbocycles. The van der Waals surface area contributed by atoms with Gasteiger partial charge in [-0.1, -0.05) is 46.3 Å². The van der Waals surface area contributed by atoms with E-state index in [1.54, 1.807) is 24.3 Å². The molecule has 0 aromatic heterocycles. The largest absolute Gasteiger partial charge is 0.456 e. The Bertz CT molecular complexity index is 975. The Hall–Kier alpha value is -3.00. The number of carbonyl (C=O) groups excluding carboxylic acids is 3. The average molecular weight is 442 g/mol. The van der Waals surface area contributed by atoms with Crippen molar-refractivity contribution >= 4 is 45.1 Å². The first kappa shape index (κ1) is 18.4. The lowest BCUT2D eigenvalue weighted by Crippen LogP contribution is -2.47. The van der Waals surface area contributed by atoms with Crippen LogP contribution >= 0.6 is 15.9 Å². The maximum absolute atomic E-state index is 13.0. The van der Waals surface area contributed by atoms with Gasteiger partial charge in [-0.2, -0.15) is 5.10 Å². The molecule has 7 nitrogen and oxygen atoms in total. The number of benzene rings is 2. The molecule has 1 N–H and O–H groups in total. The van der Waals surface area contributed by atoms with E-state index in [0.717, 1.165) is 14.9 Å². The van der Waals surface area contributed by atoms with Gasteiger partial charge in [0.15, 0.2) is 0 Å². The molecule has 2 amide bonds. The fraction of sp³-hybridized carbons (Fsp3) is 0.200. The monoisotopic (exact) mass is 441 g/mol. The minimum absolute atomic E-state index is 0.0121. The summed E-state index contributed by atoms with van der Waals surface area (Å²) < 4.78 is 6.12. The molecule has 28 heavy (non-hydrogen) atoms. The Morgan fingerprint density at radius 1 is 1.11 bits per heavy atom. The second kappa shape index (κ2) is 7.20. The van der Waals surface area contributed by atoms with Crippen LogP contribution < -0.4 is 10.3 Å². The zero-order chi connectivity index (χ0) is 19.7. The first-order valence-corrected chi connectivity index (χ1v) is 9.46. The first-order valence-electron chi connectivity index (χ1n) is 8.66. The van der Waals surface area contributed by atoms with Gasteiger partial charge in [0, 0.05) is 10.9 Å². The number of nitrogens with zero attached hydrogens (tertiary/aromatic N) is 2. The fourth-order valence-corrected chi connectivity index (χ4v) is 3.54. The number of amides is 2. The predicted molar refractivity (Wildman–Crippen MR) is 105 cm³/mol. The van der Waals surface area contributed by atoms with Crippen molar-refractivity contribution in [2.24, 2.45) is 5.10 Å². The zero-order valence-electron chi connectivity index (χ0n) is 14.7. The van der Waals surface area contributed by atoms with Crippen molar-refractivity contribution in [1.82, 2.24) is 5.43 Å². The lowest BCUT2D eigenvalue weighted by atomic mass is 9.93. The highest BCUT2D eigenvalue weighted by molar-refractivity contribution is 9.10. The molecule has 1 spiro atoms. The molecule has 1 fully saturated rings. The highest BCUT2D eigenvalue weighted by Crippen LogP contribution is 2.35. The molecular formula is C20H16BrN3O4. The number of nitrogens with one attached hydrogen (secondary N) is 1. The average Bonchev–Trinajstić information content (AvgIpc) is 3.23. The summed E-state index contributed by atoms with van der Waals surface area (Å²) in [7, 11) is 0. The standard InChI is InChI=1S/C20H16BrN3O4/c21-14-6-8-15(9-7-14)24-17(25)11-20(19(24)27)10-16(22-23-20)18(26)28-12-13-4-2-1-3-5-13/h1-9,23H,10-12H2/t20-/m0/s1. The van der Waals surface area contributed by atoms with Crippen LogP contribution in [0, 0.1) is 0 Å². The molecule has 2 heterocycles. The molecule has 2 aromatic rings. The topological polar surface area (TPSA) is 88.1 Å². The Morgan fingerprint density at radius 3 is 2.54 bits per heavy atom. The van der Waals surface area contributed by atoms with Gasteiger partial charge in [0.2, 0.25) is 5.91 Å². The summed E-state index contributed by atoms with van der Waals surface area (Å²) in [6, 6.07) is 16.2. The summed E-state index contributed by atoms with van der Waals surface area (Å²) >= 11 is 3.33. The van der Waals surface area contributed by atoms with Crippen molar-refractivity contribution < 1.29 is 19.1 Å². The minimum atomic E-state index is -1.23. The number of hydrogen-bond acceptors (Lipinski definition) is 6. The van der Waals surface area contributed by atoms with E-state index < -0.39 is 17.4 Å². The maximum atomic E-state index is 13.0. The van der Waals surface area contributed by atoms with Gasteiger partial charge < -0.3 is 4.74 Å². The van der Waals surface area contributed by atoms with Gasteiger partial charge in [-0.3, -0.25) is 15.0 Å². The van der Waals surface area contributed by atoms with Gasteiger partial charge in [-0.05, 0) is 29.8 Å². The van der Waals surface area contributed by atoms with Crippen molar-refractivity contribution in [1.29, 1.82) is 0 Å². The van der Waals surface area contributed by atoms with Gasteiger partial charge in [-0.25, -0.2) is 9.69 Å². The van der Waals surface area contributed by atoms with E-state index in [2.05, 4.69) is 26.5 Å². The number of esters is 1. The van der Waals surface area contributed by atoms with E-state index in [9.17, 15) is 14.4 Å². The lowest BCUT2D eigenvalue weighted by molar-refractivity contribution is -0.136. The van der Waals surface area contributed by atoms with E-state index in [-0.39, 0.29) is 31.1 Å². The molecule has 0 radical (unpaired) electrons. The third kappa shape index (κ3) is 3.31. The normalized spacial score (nSPS) is 21.0. The summed E-state index contributed by atoms with van der Waals surface area (Å²) in [4.78, 5) is 38.9. The highest BCUT2D eigenvalue weighted by atomic mass is 79.9. The molecule has 2 aromatic carbocycles. The fourth-order valence-electron chi connectivity index (χ4n) is 3.28. The molecule has 0 unspecified atom stereocenters. The van der Waals surface area contributed by atoms with E-state index in [4.69, 9.17) is 4.74 Å².